The summed E-state index contributed by atoms with van der Waals surface area (Å²) in [5.74, 6) is 0. The molecule has 0 aromatic carbocycles. The van der Waals surface area contributed by atoms with Crippen LogP contribution in [0.25, 0.3) is 0 Å². The number of nitrogens with zero attached hydrogens (tertiary/aromatic N) is 2. The summed E-state index contributed by atoms with van der Waals surface area (Å²) in [5, 5.41) is 3.40. The van der Waals surface area contributed by atoms with Crippen molar-refractivity contribution in [3.05, 3.63) is 12.0 Å². The largest absolute Gasteiger partial charge is 0.432 e. The van der Waals surface area contributed by atoms with Gasteiger partial charge in [-0.3, -0.25) is 4.79 Å². The van der Waals surface area contributed by atoms with E-state index >= 15 is 0 Å². The highest BCUT2D eigenvalue weighted by molar-refractivity contribution is 6.35. The molecule has 0 saturated carbocycles. The van der Waals surface area contributed by atoms with Crippen LogP contribution in [0.15, 0.2) is 15.8 Å². The van der Waals surface area contributed by atoms with Crippen LogP contribution in [0, 0.1) is 0 Å². The van der Waals surface area contributed by atoms with E-state index in [0.717, 1.165) is 0 Å². The van der Waals surface area contributed by atoms with E-state index in [4.69, 9.17) is 5.73 Å². The van der Waals surface area contributed by atoms with E-state index in [9.17, 15) is 4.79 Å². The van der Waals surface area contributed by atoms with Crippen molar-refractivity contribution in [2.45, 2.75) is 0 Å². The fourth-order valence-corrected chi connectivity index (χ4v) is 0.632. The van der Waals surface area contributed by atoms with Crippen LogP contribution in [0.2, 0.25) is 0 Å². The van der Waals surface area contributed by atoms with Crippen LogP contribution < -0.4 is 5.73 Å². The highest BCUT2D eigenvalue weighted by atomic mass is 16.6. The quantitative estimate of drug-likeness (QED) is 0.384. The van der Waals surface area contributed by atoms with E-state index in [1.54, 1.807) is 0 Å². The molecule has 0 spiro atoms. The molecule has 1 rings (SSSR count). The van der Waals surface area contributed by atoms with Gasteiger partial charge < -0.3 is 15.0 Å². The standard InChI is InChI=1S/C6H7N3O3/c1-11-9-4(2-10)5-3-12-6(7)8-5/h2-3H,1H3,(H2,7,8). The van der Waals surface area contributed by atoms with Crippen LogP contribution >= 0.6 is 0 Å². The van der Waals surface area contributed by atoms with Crippen LogP contribution in [0.3, 0.4) is 0 Å². The second kappa shape index (κ2) is 3.51. The lowest BCUT2D eigenvalue weighted by atomic mass is 10.3. The third-order valence-corrected chi connectivity index (χ3v) is 1.09. The Labute approximate surface area is 68.0 Å². The van der Waals surface area contributed by atoms with Gasteiger partial charge in [-0.05, 0) is 0 Å². The predicted molar refractivity (Wildman–Crippen MR) is 40.5 cm³/mol. The summed E-state index contributed by atoms with van der Waals surface area (Å²) in [6.45, 7) is 0. The number of nitrogen functional groups attached to an aromatic ring is 1. The number of hydrogen-bond donors (Lipinski definition) is 1. The van der Waals surface area contributed by atoms with E-state index < -0.39 is 0 Å². The predicted octanol–water partition coefficient (Wildman–Crippen LogP) is -0.194. The number of rotatable bonds is 3. The SMILES string of the molecule is CON=C(C=O)c1coc(N)n1. The Balaban J connectivity index is 2.94. The molecule has 0 aliphatic rings. The number of carbonyl (C=O) groups is 1. The molecule has 2 N–H and O–H groups in total. The van der Waals surface area contributed by atoms with Crippen molar-refractivity contribution in [1.29, 1.82) is 0 Å². The zero-order chi connectivity index (χ0) is 8.97. The number of oxazole rings is 1. The maximum atomic E-state index is 10.4. The summed E-state index contributed by atoms with van der Waals surface area (Å²) in [6, 6.07) is -0.0179. The lowest BCUT2D eigenvalue weighted by Gasteiger charge is -1.89. The molecular formula is C6H7N3O3. The van der Waals surface area contributed by atoms with Crippen LogP contribution in [0.1, 0.15) is 5.69 Å². The summed E-state index contributed by atoms with van der Waals surface area (Å²) >= 11 is 0. The number of anilines is 1. The van der Waals surface area contributed by atoms with Crippen LogP contribution in [0.5, 0.6) is 0 Å². The maximum absolute atomic E-state index is 10.4. The smallest absolute Gasteiger partial charge is 0.292 e. The monoisotopic (exact) mass is 169 g/mol. The van der Waals surface area contributed by atoms with E-state index in [0.29, 0.717) is 6.29 Å². The van der Waals surface area contributed by atoms with Crippen LogP contribution in [-0.2, 0) is 9.63 Å². The average Bonchev–Trinajstić information content (AvgIpc) is 2.47. The topological polar surface area (TPSA) is 90.7 Å². The van der Waals surface area contributed by atoms with Gasteiger partial charge in [-0.25, -0.2) is 0 Å². The Bertz CT molecular complexity index is 305. The number of oxime groups is 1. The second-order valence-electron chi connectivity index (χ2n) is 1.85. The second-order valence-corrected chi connectivity index (χ2v) is 1.85. The number of hydrogen-bond acceptors (Lipinski definition) is 6. The zero-order valence-corrected chi connectivity index (χ0v) is 6.35. The Kier molecular flexibility index (Phi) is 2.42. The number of nitrogens with two attached hydrogens (primary N) is 1. The van der Waals surface area contributed by atoms with Gasteiger partial charge in [0.1, 0.15) is 19.1 Å². The molecule has 0 saturated heterocycles. The first kappa shape index (κ1) is 8.25. The number of aldehydes is 1. The Morgan fingerprint density at radius 2 is 2.67 bits per heavy atom. The summed E-state index contributed by atoms with van der Waals surface area (Å²) in [6.07, 6.45) is 1.72. The first-order valence-corrected chi connectivity index (χ1v) is 3.05. The van der Waals surface area contributed by atoms with Crippen molar-refractivity contribution < 1.29 is 14.0 Å². The molecule has 0 unspecified atom stereocenters. The molecular weight excluding hydrogens is 162 g/mol. The first-order valence-electron chi connectivity index (χ1n) is 3.05. The lowest BCUT2D eigenvalue weighted by molar-refractivity contribution is -0.102. The van der Waals surface area contributed by atoms with Crippen molar-refractivity contribution in [2.24, 2.45) is 5.16 Å². The van der Waals surface area contributed by atoms with Gasteiger partial charge >= 0.3 is 0 Å². The minimum absolute atomic E-state index is 0.0179. The number of carbonyl (C=O) groups excluding carboxylic acids is 1. The van der Waals surface area contributed by atoms with Gasteiger partial charge in [0, 0.05) is 0 Å². The summed E-state index contributed by atoms with van der Waals surface area (Å²) in [4.78, 5) is 18.4. The lowest BCUT2D eigenvalue weighted by Crippen LogP contribution is -2.03. The van der Waals surface area contributed by atoms with E-state index in [2.05, 4.69) is 19.4 Å². The van der Waals surface area contributed by atoms with Crippen LogP contribution in [-0.4, -0.2) is 24.1 Å². The molecule has 0 atom stereocenters. The normalized spacial score (nSPS) is 11.2. The first-order chi connectivity index (χ1) is 5.77. The molecule has 0 aliphatic carbocycles. The molecule has 0 bridgehead atoms. The average molecular weight is 169 g/mol. The van der Waals surface area contributed by atoms with Crippen molar-refractivity contribution in [2.75, 3.05) is 12.8 Å². The molecule has 64 valence electrons. The van der Waals surface area contributed by atoms with E-state index in [-0.39, 0.29) is 17.4 Å². The summed E-state index contributed by atoms with van der Waals surface area (Å²) in [5.41, 5.74) is 5.47. The van der Waals surface area contributed by atoms with Gasteiger partial charge in [0.15, 0.2) is 12.0 Å². The highest BCUT2D eigenvalue weighted by Crippen LogP contribution is 2.03. The Morgan fingerprint density at radius 3 is 3.08 bits per heavy atom. The van der Waals surface area contributed by atoms with Crippen molar-refractivity contribution >= 4 is 18.0 Å². The molecule has 1 aromatic rings. The molecule has 0 amide bonds. The van der Waals surface area contributed by atoms with E-state index in [1.807, 2.05) is 0 Å². The van der Waals surface area contributed by atoms with Crippen molar-refractivity contribution in [3.8, 4) is 0 Å². The van der Waals surface area contributed by atoms with Crippen LogP contribution in [0.4, 0.5) is 6.01 Å². The van der Waals surface area contributed by atoms with Crippen molar-refractivity contribution in [3.63, 3.8) is 0 Å². The molecule has 12 heavy (non-hydrogen) atoms. The molecule has 0 aliphatic heterocycles. The van der Waals surface area contributed by atoms with Gasteiger partial charge in [0.2, 0.25) is 0 Å². The molecule has 1 heterocycles. The van der Waals surface area contributed by atoms with Gasteiger partial charge in [0.05, 0.1) is 0 Å². The Hall–Kier alpha value is -1.85. The molecule has 0 radical (unpaired) electrons. The van der Waals surface area contributed by atoms with Gasteiger partial charge in [-0.1, -0.05) is 5.16 Å². The Morgan fingerprint density at radius 1 is 1.92 bits per heavy atom. The number of aromatic nitrogens is 1. The van der Waals surface area contributed by atoms with Crippen molar-refractivity contribution in [1.82, 2.24) is 4.98 Å². The van der Waals surface area contributed by atoms with Gasteiger partial charge in [0.25, 0.3) is 6.01 Å². The highest BCUT2D eigenvalue weighted by Gasteiger charge is 2.07. The minimum atomic E-state index is -0.0179. The maximum Gasteiger partial charge on any atom is 0.292 e. The summed E-state index contributed by atoms with van der Waals surface area (Å²) in [7, 11) is 1.33. The molecule has 6 heteroatoms. The molecule has 1 aromatic heterocycles. The zero-order valence-electron chi connectivity index (χ0n) is 6.35. The minimum Gasteiger partial charge on any atom is -0.432 e. The third-order valence-electron chi connectivity index (χ3n) is 1.09. The fourth-order valence-electron chi connectivity index (χ4n) is 0.632. The van der Waals surface area contributed by atoms with E-state index in [1.165, 1.54) is 13.4 Å². The third kappa shape index (κ3) is 1.60. The molecule has 6 nitrogen and oxygen atoms in total. The fraction of sp³-hybridized carbons (Fsp3) is 0.167. The summed E-state index contributed by atoms with van der Waals surface area (Å²) < 4.78 is 4.67. The van der Waals surface area contributed by atoms with Gasteiger partial charge in [-0.15, -0.1) is 0 Å². The molecule has 0 fully saturated rings. The van der Waals surface area contributed by atoms with Gasteiger partial charge in [-0.2, -0.15) is 4.98 Å².